The Hall–Kier alpha value is -0.160. The molecule has 0 radical (unpaired) electrons. The van der Waals surface area contributed by atoms with Gasteiger partial charge in [0, 0.05) is 31.8 Å². The molecular formula is C17H34N2O2. The Bertz CT molecular complexity index is 324. The van der Waals surface area contributed by atoms with E-state index < -0.39 is 0 Å². The molecule has 2 saturated carbocycles. The van der Waals surface area contributed by atoms with Gasteiger partial charge < -0.3 is 19.7 Å². The van der Waals surface area contributed by atoms with Crippen LogP contribution in [0.25, 0.3) is 0 Å². The van der Waals surface area contributed by atoms with Crippen molar-refractivity contribution in [3.8, 4) is 0 Å². The molecule has 0 aromatic heterocycles. The molecule has 5 atom stereocenters. The molecule has 0 spiro atoms. The van der Waals surface area contributed by atoms with Gasteiger partial charge >= 0.3 is 0 Å². The normalized spacial score (nSPS) is 40.3. The average Bonchev–Trinajstić information content (AvgIpc) is 2.42. The molecule has 0 aromatic carbocycles. The molecule has 124 valence electrons. The minimum absolute atomic E-state index is 0.213. The Labute approximate surface area is 130 Å². The van der Waals surface area contributed by atoms with Crippen LogP contribution in [0.2, 0.25) is 0 Å². The molecule has 21 heavy (non-hydrogen) atoms. The van der Waals surface area contributed by atoms with E-state index in [2.05, 4.69) is 38.2 Å². The fraction of sp³-hybridized carbons (Fsp3) is 1.00. The Kier molecular flexibility index (Phi) is 6.06. The Morgan fingerprint density at radius 1 is 1.33 bits per heavy atom. The summed E-state index contributed by atoms with van der Waals surface area (Å²) in [5, 5.41) is 3.77. The molecule has 4 heteroatoms. The summed E-state index contributed by atoms with van der Waals surface area (Å²) in [6.07, 6.45) is 6.89. The summed E-state index contributed by atoms with van der Waals surface area (Å²) in [5.41, 5.74) is 0.312. The Balaban J connectivity index is 1.88. The second-order valence-corrected chi connectivity index (χ2v) is 7.24. The molecule has 0 bridgehead atoms. The summed E-state index contributed by atoms with van der Waals surface area (Å²) in [5.74, 6) is 0.832. The van der Waals surface area contributed by atoms with Crippen LogP contribution in [0.3, 0.4) is 0 Å². The molecule has 2 aliphatic rings. The van der Waals surface area contributed by atoms with Crippen LogP contribution in [-0.4, -0.2) is 63.0 Å². The highest BCUT2D eigenvalue weighted by atomic mass is 16.5. The summed E-state index contributed by atoms with van der Waals surface area (Å²) in [6.45, 7) is 6.28. The van der Waals surface area contributed by atoms with Gasteiger partial charge in [0.2, 0.25) is 0 Å². The van der Waals surface area contributed by atoms with Crippen molar-refractivity contribution in [2.24, 2.45) is 5.92 Å². The lowest BCUT2D eigenvalue weighted by Crippen LogP contribution is -2.64. The molecule has 2 rings (SSSR count). The van der Waals surface area contributed by atoms with Crippen molar-refractivity contribution in [3.05, 3.63) is 0 Å². The van der Waals surface area contributed by atoms with Crippen molar-refractivity contribution < 1.29 is 9.47 Å². The van der Waals surface area contributed by atoms with Gasteiger partial charge in [-0.15, -0.1) is 0 Å². The van der Waals surface area contributed by atoms with Crippen LogP contribution in [0.1, 0.15) is 46.0 Å². The number of hydrogen-bond donors (Lipinski definition) is 1. The third kappa shape index (κ3) is 3.79. The maximum absolute atomic E-state index is 5.72. The van der Waals surface area contributed by atoms with E-state index >= 15 is 0 Å². The van der Waals surface area contributed by atoms with E-state index in [9.17, 15) is 0 Å². The number of ether oxygens (including phenoxy) is 2. The van der Waals surface area contributed by atoms with E-state index in [0.29, 0.717) is 11.6 Å². The quantitative estimate of drug-likeness (QED) is 0.782. The first-order valence-electron chi connectivity index (χ1n) is 8.57. The molecule has 0 saturated heterocycles. The highest BCUT2D eigenvalue weighted by Crippen LogP contribution is 2.36. The van der Waals surface area contributed by atoms with Crippen molar-refractivity contribution in [3.63, 3.8) is 0 Å². The molecule has 0 aliphatic heterocycles. The van der Waals surface area contributed by atoms with Crippen LogP contribution >= 0.6 is 0 Å². The zero-order valence-electron chi connectivity index (χ0n) is 14.5. The fourth-order valence-corrected chi connectivity index (χ4v) is 4.15. The molecule has 2 aliphatic carbocycles. The highest BCUT2D eigenvalue weighted by Gasteiger charge is 2.44. The smallest absolute Gasteiger partial charge is 0.0986 e. The van der Waals surface area contributed by atoms with E-state index in [1.807, 2.05) is 0 Å². The number of nitrogens with zero attached hydrogens (tertiary/aromatic N) is 1. The predicted octanol–water partition coefficient (Wildman–Crippen LogP) is 2.28. The van der Waals surface area contributed by atoms with Gasteiger partial charge in [0.25, 0.3) is 0 Å². The van der Waals surface area contributed by atoms with Gasteiger partial charge in [0.1, 0.15) is 0 Å². The minimum Gasteiger partial charge on any atom is -0.377 e. The highest BCUT2D eigenvalue weighted by molar-refractivity contribution is 5.01. The second kappa shape index (κ2) is 7.40. The van der Waals surface area contributed by atoms with Crippen molar-refractivity contribution in [1.82, 2.24) is 10.2 Å². The van der Waals surface area contributed by atoms with Crippen LogP contribution < -0.4 is 5.32 Å². The maximum Gasteiger partial charge on any atom is 0.0986 e. The number of hydrogen-bond acceptors (Lipinski definition) is 4. The molecule has 1 N–H and O–H groups in total. The summed E-state index contributed by atoms with van der Waals surface area (Å²) >= 11 is 0. The third-order valence-electron chi connectivity index (χ3n) is 5.61. The van der Waals surface area contributed by atoms with Gasteiger partial charge in [-0.1, -0.05) is 19.8 Å². The zero-order valence-corrected chi connectivity index (χ0v) is 14.5. The SMILES string of the molecule is CCOC1CC(NCC2(N(C)C)CCCC(C)C2)C1OC. The summed E-state index contributed by atoms with van der Waals surface area (Å²) in [7, 11) is 6.27. The van der Waals surface area contributed by atoms with Gasteiger partial charge in [-0.25, -0.2) is 0 Å². The maximum atomic E-state index is 5.72. The lowest BCUT2D eigenvalue weighted by Gasteiger charge is -2.49. The van der Waals surface area contributed by atoms with E-state index in [0.717, 1.165) is 25.5 Å². The van der Waals surface area contributed by atoms with Gasteiger partial charge in [-0.2, -0.15) is 0 Å². The second-order valence-electron chi connectivity index (χ2n) is 7.24. The van der Waals surface area contributed by atoms with E-state index in [1.54, 1.807) is 7.11 Å². The third-order valence-corrected chi connectivity index (χ3v) is 5.61. The molecule has 5 unspecified atom stereocenters. The summed E-state index contributed by atoms with van der Waals surface area (Å²) in [4.78, 5) is 2.44. The monoisotopic (exact) mass is 298 g/mol. The topological polar surface area (TPSA) is 33.7 Å². The minimum atomic E-state index is 0.213. The standard InChI is InChI=1S/C17H34N2O2/c1-6-21-15-10-14(16(15)20-5)18-12-17(19(3)4)9-7-8-13(2)11-17/h13-16,18H,6-12H2,1-5H3. The largest absolute Gasteiger partial charge is 0.377 e. The van der Waals surface area contributed by atoms with E-state index in [1.165, 1.54) is 25.7 Å². The van der Waals surface area contributed by atoms with E-state index in [4.69, 9.17) is 9.47 Å². The van der Waals surface area contributed by atoms with Gasteiger partial charge in [-0.05, 0) is 46.2 Å². The fourth-order valence-electron chi connectivity index (χ4n) is 4.15. The van der Waals surface area contributed by atoms with Gasteiger partial charge in [0.05, 0.1) is 12.2 Å². The Morgan fingerprint density at radius 2 is 2.10 bits per heavy atom. The van der Waals surface area contributed by atoms with Gasteiger partial charge in [-0.3, -0.25) is 0 Å². The molecule has 0 heterocycles. The molecule has 0 aromatic rings. The first-order valence-corrected chi connectivity index (χ1v) is 8.57. The van der Waals surface area contributed by atoms with Crippen molar-refractivity contribution >= 4 is 0 Å². The lowest BCUT2D eigenvalue weighted by atomic mass is 9.75. The molecule has 0 amide bonds. The van der Waals surface area contributed by atoms with Crippen molar-refractivity contribution in [2.75, 3.05) is 34.4 Å². The Morgan fingerprint density at radius 3 is 2.67 bits per heavy atom. The summed E-state index contributed by atoms with van der Waals surface area (Å²) < 4.78 is 11.3. The number of likely N-dealkylation sites (N-methyl/N-ethyl adjacent to an activating group) is 1. The van der Waals surface area contributed by atoms with Crippen LogP contribution in [0.4, 0.5) is 0 Å². The molecule has 2 fully saturated rings. The zero-order chi connectivity index (χ0) is 15.5. The number of rotatable bonds is 7. The predicted molar refractivity (Wildman–Crippen MR) is 86.7 cm³/mol. The van der Waals surface area contributed by atoms with Gasteiger partial charge in [0.15, 0.2) is 0 Å². The lowest BCUT2D eigenvalue weighted by molar-refractivity contribution is -0.133. The van der Waals surface area contributed by atoms with E-state index in [-0.39, 0.29) is 12.2 Å². The first-order chi connectivity index (χ1) is 10.0. The number of nitrogens with one attached hydrogen (secondary N) is 1. The molecular weight excluding hydrogens is 264 g/mol. The average molecular weight is 298 g/mol. The first kappa shape index (κ1) is 17.2. The molecule has 4 nitrogen and oxygen atoms in total. The van der Waals surface area contributed by atoms with Crippen LogP contribution in [-0.2, 0) is 9.47 Å². The van der Waals surface area contributed by atoms with Crippen LogP contribution in [0, 0.1) is 5.92 Å². The summed E-state index contributed by atoms with van der Waals surface area (Å²) in [6, 6.07) is 0.445. The van der Waals surface area contributed by atoms with Crippen LogP contribution in [0.5, 0.6) is 0 Å². The van der Waals surface area contributed by atoms with Crippen molar-refractivity contribution in [2.45, 2.75) is 69.7 Å². The number of methoxy groups -OCH3 is 1. The van der Waals surface area contributed by atoms with Crippen LogP contribution in [0.15, 0.2) is 0 Å². The van der Waals surface area contributed by atoms with Crippen molar-refractivity contribution in [1.29, 1.82) is 0 Å².